The fourth-order valence-electron chi connectivity index (χ4n) is 2.10. The largest absolute Gasteiger partial charge is 0.573 e. The van der Waals surface area contributed by atoms with Crippen LogP contribution in [0.15, 0.2) is 42.5 Å². The third-order valence-corrected chi connectivity index (χ3v) is 3.02. The highest BCUT2D eigenvalue weighted by atomic mass is 19.4. The third-order valence-electron chi connectivity index (χ3n) is 3.02. The predicted molar refractivity (Wildman–Crippen MR) is 76.6 cm³/mol. The summed E-state index contributed by atoms with van der Waals surface area (Å²) in [5.41, 5.74) is 0.112. The number of halogens is 3. The summed E-state index contributed by atoms with van der Waals surface area (Å²) in [5.74, 6) is -1.69. The Hall–Kier alpha value is -3.10. The summed E-state index contributed by atoms with van der Waals surface area (Å²) in [4.78, 5) is 21.1. The van der Waals surface area contributed by atoms with E-state index in [-0.39, 0.29) is 16.7 Å². The van der Waals surface area contributed by atoms with Crippen molar-refractivity contribution in [2.45, 2.75) is 12.8 Å². The average molecular weight is 341 g/mol. The molecule has 0 atom stereocenters. The van der Waals surface area contributed by atoms with Crippen LogP contribution < -0.4 is 4.74 Å². The lowest BCUT2D eigenvalue weighted by atomic mass is 10.0. The number of nitrogens with zero attached hydrogens (tertiary/aromatic N) is 1. The van der Waals surface area contributed by atoms with E-state index in [1.807, 2.05) is 0 Å². The molecule has 24 heavy (non-hydrogen) atoms. The number of nitro groups is 1. The van der Waals surface area contributed by atoms with Gasteiger partial charge < -0.3 is 9.84 Å². The molecule has 0 aliphatic rings. The van der Waals surface area contributed by atoms with Gasteiger partial charge in [-0.3, -0.25) is 14.9 Å². The van der Waals surface area contributed by atoms with Crippen LogP contribution in [0.3, 0.4) is 0 Å². The van der Waals surface area contributed by atoms with E-state index in [0.29, 0.717) is 0 Å². The molecule has 2 aromatic rings. The molecular weight excluding hydrogens is 331 g/mol. The first-order chi connectivity index (χ1) is 11.2. The van der Waals surface area contributed by atoms with Crippen molar-refractivity contribution in [2.24, 2.45) is 0 Å². The SMILES string of the molecule is O=C(O)Cc1ccc(-c2cccc(OC(F)(F)F)c2)cc1[N+](=O)[O-]. The summed E-state index contributed by atoms with van der Waals surface area (Å²) < 4.78 is 40.6. The number of carbonyl (C=O) groups is 1. The molecule has 0 heterocycles. The molecule has 126 valence electrons. The minimum Gasteiger partial charge on any atom is -0.481 e. The second-order valence-corrected chi connectivity index (χ2v) is 4.75. The van der Waals surface area contributed by atoms with Gasteiger partial charge in [-0.05, 0) is 23.3 Å². The van der Waals surface area contributed by atoms with E-state index in [2.05, 4.69) is 4.74 Å². The van der Waals surface area contributed by atoms with E-state index >= 15 is 0 Å². The maximum Gasteiger partial charge on any atom is 0.573 e. The Balaban J connectivity index is 2.42. The summed E-state index contributed by atoms with van der Waals surface area (Å²) in [7, 11) is 0. The number of ether oxygens (including phenoxy) is 1. The van der Waals surface area contributed by atoms with Gasteiger partial charge in [-0.25, -0.2) is 0 Å². The lowest BCUT2D eigenvalue weighted by molar-refractivity contribution is -0.385. The van der Waals surface area contributed by atoms with Crippen molar-refractivity contribution in [3.05, 3.63) is 58.1 Å². The van der Waals surface area contributed by atoms with Gasteiger partial charge in [-0.1, -0.05) is 24.3 Å². The molecule has 0 saturated heterocycles. The van der Waals surface area contributed by atoms with Crippen LogP contribution in [-0.4, -0.2) is 22.4 Å². The third kappa shape index (κ3) is 4.45. The van der Waals surface area contributed by atoms with Gasteiger partial charge in [0.1, 0.15) is 5.75 Å². The smallest absolute Gasteiger partial charge is 0.481 e. The minimum atomic E-state index is -4.85. The molecule has 0 amide bonds. The standard InChI is InChI=1S/C15H10F3NO5/c16-15(17,18)24-12-3-1-2-9(6-12)10-4-5-11(8-14(20)21)13(7-10)19(22)23/h1-7H,8H2,(H,20,21). The van der Waals surface area contributed by atoms with Crippen LogP contribution in [0.1, 0.15) is 5.56 Å². The van der Waals surface area contributed by atoms with Crippen molar-refractivity contribution in [3.63, 3.8) is 0 Å². The summed E-state index contributed by atoms with van der Waals surface area (Å²) in [6.45, 7) is 0. The second kappa shape index (κ2) is 6.57. The van der Waals surface area contributed by atoms with Crippen LogP contribution in [0.25, 0.3) is 11.1 Å². The lowest BCUT2D eigenvalue weighted by Gasteiger charge is -2.10. The van der Waals surface area contributed by atoms with Gasteiger partial charge in [0.2, 0.25) is 0 Å². The van der Waals surface area contributed by atoms with E-state index in [1.165, 1.54) is 24.3 Å². The monoisotopic (exact) mass is 341 g/mol. The second-order valence-electron chi connectivity index (χ2n) is 4.75. The number of aliphatic carboxylic acids is 1. The number of hydrogen-bond donors (Lipinski definition) is 1. The molecule has 0 saturated carbocycles. The number of rotatable bonds is 5. The first-order valence-corrected chi connectivity index (χ1v) is 6.51. The van der Waals surface area contributed by atoms with Crippen LogP contribution in [-0.2, 0) is 11.2 Å². The Morgan fingerprint density at radius 3 is 2.42 bits per heavy atom. The molecule has 2 rings (SSSR count). The average Bonchev–Trinajstić information content (AvgIpc) is 2.45. The highest BCUT2D eigenvalue weighted by molar-refractivity contribution is 5.75. The molecule has 6 nitrogen and oxygen atoms in total. The molecule has 0 aromatic heterocycles. The number of benzene rings is 2. The van der Waals surface area contributed by atoms with E-state index in [9.17, 15) is 28.1 Å². The maximum atomic E-state index is 12.3. The summed E-state index contributed by atoms with van der Waals surface area (Å²) in [6.07, 6.45) is -5.39. The Morgan fingerprint density at radius 2 is 1.83 bits per heavy atom. The van der Waals surface area contributed by atoms with Crippen molar-refractivity contribution in [3.8, 4) is 16.9 Å². The van der Waals surface area contributed by atoms with Crippen LogP contribution in [0, 0.1) is 10.1 Å². The van der Waals surface area contributed by atoms with E-state index in [0.717, 1.165) is 18.2 Å². The van der Waals surface area contributed by atoms with Gasteiger partial charge in [-0.15, -0.1) is 13.2 Å². The molecule has 0 bridgehead atoms. The number of hydrogen-bond acceptors (Lipinski definition) is 4. The topological polar surface area (TPSA) is 89.7 Å². The van der Waals surface area contributed by atoms with Crippen LogP contribution in [0.5, 0.6) is 5.75 Å². The number of nitro benzene ring substituents is 1. The van der Waals surface area contributed by atoms with E-state index < -0.39 is 35.1 Å². The highest BCUT2D eigenvalue weighted by Crippen LogP contribution is 2.31. The van der Waals surface area contributed by atoms with Crippen molar-refractivity contribution in [1.29, 1.82) is 0 Å². The van der Waals surface area contributed by atoms with Gasteiger partial charge in [0.05, 0.1) is 11.3 Å². The molecule has 9 heteroatoms. The Kier molecular flexibility index (Phi) is 4.72. The quantitative estimate of drug-likeness (QED) is 0.660. The normalized spacial score (nSPS) is 11.1. The van der Waals surface area contributed by atoms with Crippen molar-refractivity contribution in [2.75, 3.05) is 0 Å². The lowest BCUT2D eigenvalue weighted by Crippen LogP contribution is -2.17. The zero-order valence-corrected chi connectivity index (χ0v) is 11.9. The Morgan fingerprint density at radius 1 is 1.17 bits per heavy atom. The van der Waals surface area contributed by atoms with Gasteiger partial charge >= 0.3 is 12.3 Å². The zero-order chi connectivity index (χ0) is 17.9. The molecule has 0 aliphatic heterocycles. The van der Waals surface area contributed by atoms with Gasteiger partial charge in [0, 0.05) is 11.6 Å². The van der Waals surface area contributed by atoms with Crippen molar-refractivity contribution < 1.29 is 32.7 Å². The van der Waals surface area contributed by atoms with Crippen molar-refractivity contribution >= 4 is 11.7 Å². The van der Waals surface area contributed by atoms with E-state index in [1.54, 1.807) is 0 Å². The predicted octanol–water partition coefficient (Wildman–Crippen LogP) is 3.79. The maximum absolute atomic E-state index is 12.3. The molecule has 0 unspecified atom stereocenters. The van der Waals surface area contributed by atoms with Gasteiger partial charge in [-0.2, -0.15) is 0 Å². The first kappa shape index (κ1) is 17.3. The fourth-order valence-corrected chi connectivity index (χ4v) is 2.10. The zero-order valence-electron chi connectivity index (χ0n) is 11.9. The molecule has 0 spiro atoms. The molecule has 0 radical (unpaired) electrons. The Bertz CT molecular complexity index is 789. The summed E-state index contributed by atoms with van der Waals surface area (Å²) in [5, 5.41) is 19.8. The van der Waals surface area contributed by atoms with Crippen LogP contribution in [0.4, 0.5) is 18.9 Å². The number of carboxylic acid groups (broad SMARTS) is 1. The Labute approximate surface area is 133 Å². The summed E-state index contributed by atoms with van der Waals surface area (Å²) >= 11 is 0. The molecular formula is C15H10F3NO5. The van der Waals surface area contributed by atoms with Crippen LogP contribution >= 0.6 is 0 Å². The van der Waals surface area contributed by atoms with Crippen LogP contribution in [0.2, 0.25) is 0 Å². The van der Waals surface area contributed by atoms with Gasteiger partial charge in [0.15, 0.2) is 0 Å². The number of alkyl halides is 3. The highest BCUT2D eigenvalue weighted by Gasteiger charge is 2.31. The molecule has 1 N–H and O–H groups in total. The molecule has 0 fully saturated rings. The molecule has 2 aromatic carbocycles. The molecule has 0 aliphatic carbocycles. The first-order valence-electron chi connectivity index (χ1n) is 6.51. The summed E-state index contributed by atoms with van der Waals surface area (Å²) in [6, 6.07) is 8.74. The minimum absolute atomic E-state index is 0.000976. The van der Waals surface area contributed by atoms with Crippen molar-refractivity contribution in [1.82, 2.24) is 0 Å². The van der Waals surface area contributed by atoms with Gasteiger partial charge in [0.25, 0.3) is 5.69 Å². The number of carboxylic acids is 1. The van der Waals surface area contributed by atoms with E-state index in [4.69, 9.17) is 5.11 Å². The fraction of sp³-hybridized carbons (Fsp3) is 0.133.